The Hall–Kier alpha value is -5.04. The van der Waals surface area contributed by atoms with Gasteiger partial charge in [0.2, 0.25) is 0 Å². The molecule has 0 unspecified atom stereocenters. The van der Waals surface area contributed by atoms with Gasteiger partial charge in [-0.25, -0.2) is 0 Å². The molecule has 9 aromatic rings. The molecule has 9 rings (SSSR count). The molecule has 0 aliphatic heterocycles. The summed E-state index contributed by atoms with van der Waals surface area (Å²) in [5.41, 5.74) is 12.6. The van der Waals surface area contributed by atoms with E-state index in [4.69, 9.17) is 4.98 Å². The van der Waals surface area contributed by atoms with Crippen molar-refractivity contribution in [1.82, 2.24) is 19.5 Å². The van der Waals surface area contributed by atoms with Crippen LogP contribution in [0, 0.1) is 19.1 Å². The maximum atomic E-state index is 5.29. The molecule has 4 nitrogen and oxygen atoms in total. The molecule has 0 N–H and O–H groups in total. The summed E-state index contributed by atoms with van der Waals surface area (Å²) < 4.78 is 4.88. The molecule has 0 fully saturated rings. The molecule has 4 heterocycles. The summed E-state index contributed by atoms with van der Waals surface area (Å²) in [6, 6.07) is 47.4. The van der Waals surface area contributed by atoms with Crippen LogP contribution in [-0.2, 0) is 20.1 Å². The molecule has 0 aliphatic rings. The third-order valence-corrected chi connectivity index (χ3v) is 13.9. The van der Waals surface area contributed by atoms with E-state index in [9.17, 15) is 0 Å². The van der Waals surface area contributed by atoms with Gasteiger partial charge in [-0.2, -0.15) is 11.3 Å². The molecule has 0 saturated carbocycles. The number of pyridine rings is 2. The normalized spacial score (nSPS) is 11.6. The molecule has 0 spiro atoms. The van der Waals surface area contributed by atoms with E-state index < -0.39 is 8.07 Å². The Balaban J connectivity index is 0.000000254. The smallest absolute Gasteiger partial charge is 0.0822 e. The molecule has 4 aromatic heterocycles. The molecule has 5 aromatic carbocycles. The van der Waals surface area contributed by atoms with Crippen LogP contribution < -0.4 is 5.19 Å². The zero-order chi connectivity index (χ0) is 39.8. The minimum absolute atomic E-state index is 0. The number of hydrogen-bond donors (Lipinski definition) is 0. The third kappa shape index (κ3) is 8.02. The number of rotatable bonds is 7. The molecular weight excluding hydrogens is 921 g/mol. The summed E-state index contributed by atoms with van der Waals surface area (Å²) in [5, 5.41) is 3.98. The summed E-state index contributed by atoms with van der Waals surface area (Å²) in [4.78, 5) is 14.4. The molecule has 0 bridgehead atoms. The predicted molar refractivity (Wildman–Crippen MR) is 246 cm³/mol. The molecule has 7 heteroatoms. The molecule has 0 aliphatic carbocycles. The fourth-order valence-corrected chi connectivity index (χ4v) is 9.89. The molecule has 58 heavy (non-hydrogen) atoms. The Kier molecular flexibility index (Phi) is 12.1. The van der Waals surface area contributed by atoms with E-state index in [-0.39, 0.29) is 20.1 Å². The average molecular weight is 969 g/mol. The maximum Gasteiger partial charge on any atom is 0.0822 e. The maximum absolute atomic E-state index is 5.29. The van der Waals surface area contributed by atoms with Crippen molar-refractivity contribution in [2.45, 2.75) is 66.1 Å². The van der Waals surface area contributed by atoms with Gasteiger partial charge in [0.1, 0.15) is 0 Å². The molecule has 0 atom stereocenters. The Labute approximate surface area is 361 Å². The van der Waals surface area contributed by atoms with Crippen molar-refractivity contribution in [1.29, 1.82) is 0 Å². The first-order chi connectivity index (χ1) is 27.5. The second kappa shape index (κ2) is 17.0. The number of aryl methyl sites for hydroxylation is 1. The van der Waals surface area contributed by atoms with Crippen molar-refractivity contribution in [2.75, 3.05) is 0 Å². The first kappa shape index (κ1) is 41.1. The Bertz CT molecular complexity index is 2810. The van der Waals surface area contributed by atoms with Gasteiger partial charge in [-0.15, -0.1) is 53.6 Å². The van der Waals surface area contributed by atoms with E-state index in [0.29, 0.717) is 11.8 Å². The van der Waals surface area contributed by atoms with Crippen LogP contribution in [0.25, 0.3) is 70.7 Å². The van der Waals surface area contributed by atoms with Gasteiger partial charge in [-0.1, -0.05) is 126 Å². The largest absolute Gasteiger partial charge is 0.331 e. The number of thiophene rings is 1. The van der Waals surface area contributed by atoms with E-state index in [0.717, 1.165) is 33.7 Å². The fourth-order valence-electron chi connectivity index (χ4n) is 7.58. The first-order valence-electron chi connectivity index (χ1n) is 19.8. The van der Waals surface area contributed by atoms with Crippen molar-refractivity contribution >= 4 is 55.8 Å². The molecule has 0 amide bonds. The van der Waals surface area contributed by atoms with Crippen LogP contribution >= 0.6 is 11.3 Å². The quantitative estimate of drug-likeness (QED) is 0.118. The van der Waals surface area contributed by atoms with Gasteiger partial charge in [0.25, 0.3) is 0 Å². The van der Waals surface area contributed by atoms with Gasteiger partial charge in [-0.05, 0) is 79.3 Å². The summed E-state index contributed by atoms with van der Waals surface area (Å²) in [6.45, 7) is 18.3. The van der Waals surface area contributed by atoms with Crippen LogP contribution in [0.4, 0.5) is 0 Å². The van der Waals surface area contributed by atoms with Crippen LogP contribution in [0.15, 0.2) is 134 Å². The number of fused-ring (bicyclic) bond motifs is 4. The average Bonchev–Trinajstić information content (AvgIpc) is 3.81. The van der Waals surface area contributed by atoms with E-state index in [1.807, 2.05) is 60.3 Å². The van der Waals surface area contributed by atoms with Crippen LogP contribution in [0.2, 0.25) is 19.6 Å². The zero-order valence-electron chi connectivity index (χ0n) is 34.4. The summed E-state index contributed by atoms with van der Waals surface area (Å²) in [5.74, 6) is 1.53. The SMILES string of the molecule is C[Si](C)(C)c1ccc(-c2[c-]cccc2)nc1.Cc1c[c-]c(-c2nc3ccncc3n2-c2c(C(C)C)cc(-c3ccccc3)cc2C(C)C)c2sc3ccccc3c12.[Ir]. The predicted octanol–water partition coefficient (Wildman–Crippen LogP) is 13.6. The molecule has 293 valence electrons. The first-order valence-corrected chi connectivity index (χ1v) is 24.1. The summed E-state index contributed by atoms with van der Waals surface area (Å²) in [7, 11) is -1.23. The van der Waals surface area contributed by atoms with E-state index in [1.165, 1.54) is 58.9 Å². The number of aromatic nitrogens is 4. The Morgan fingerprint density at radius 3 is 2.10 bits per heavy atom. The minimum Gasteiger partial charge on any atom is -0.331 e. The molecule has 0 saturated heterocycles. The monoisotopic (exact) mass is 969 g/mol. The number of imidazole rings is 1. The van der Waals surface area contributed by atoms with Gasteiger partial charge < -0.3 is 9.55 Å². The van der Waals surface area contributed by atoms with Gasteiger partial charge in [0.15, 0.2) is 0 Å². The number of hydrogen-bond acceptors (Lipinski definition) is 4. The van der Waals surface area contributed by atoms with E-state index >= 15 is 0 Å². The summed E-state index contributed by atoms with van der Waals surface area (Å²) >= 11 is 1.83. The zero-order valence-corrected chi connectivity index (χ0v) is 38.6. The van der Waals surface area contributed by atoms with Crippen molar-refractivity contribution in [3.05, 3.63) is 163 Å². The Morgan fingerprint density at radius 2 is 1.45 bits per heavy atom. The van der Waals surface area contributed by atoms with Crippen LogP contribution in [-0.4, -0.2) is 27.6 Å². The van der Waals surface area contributed by atoms with Crippen molar-refractivity contribution in [3.8, 4) is 39.5 Å². The van der Waals surface area contributed by atoms with Crippen molar-refractivity contribution < 1.29 is 20.1 Å². The second-order valence-corrected chi connectivity index (χ2v) is 22.6. The topological polar surface area (TPSA) is 43.6 Å². The summed E-state index contributed by atoms with van der Waals surface area (Å²) in [6.07, 6.45) is 5.81. The van der Waals surface area contributed by atoms with Crippen LogP contribution in [0.1, 0.15) is 56.2 Å². The van der Waals surface area contributed by atoms with E-state index in [2.05, 4.69) is 166 Å². The molecular formula is C51H48IrN4SSi-2. The number of nitrogens with zero attached hydrogens (tertiary/aromatic N) is 4. The second-order valence-electron chi connectivity index (χ2n) is 16.4. The molecule has 1 radical (unpaired) electrons. The van der Waals surface area contributed by atoms with Crippen LogP contribution in [0.5, 0.6) is 0 Å². The Morgan fingerprint density at radius 1 is 0.741 bits per heavy atom. The van der Waals surface area contributed by atoms with Gasteiger partial charge in [0, 0.05) is 42.9 Å². The van der Waals surface area contributed by atoms with Crippen molar-refractivity contribution in [2.24, 2.45) is 0 Å². The minimum atomic E-state index is -1.23. The standard InChI is InChI=1S/C37H32N3S.C14H16NSi.Ir/c1-22(2)29-19-26(25-11-7-6-8-12-25)20-30(23(3)4)35(29)40-32-21-38-18-17-31(32)39-37(40)28-16-15-24(5)34-27-13-9-10-14-33(27)41-36(28)34;1-16(2,3)13-9-10-14(15-11-13)12-7-5-4-6-8-12;/h6-15,17-23H,1-5H3;4-7,9-11H,1-3H3;/q2*-1;. The van der Waals surface area contributed by atoms with Crippen LogP contribution in [0.3, 0.4) is 0 Å². The van der Waals surface area contributed by atoms with Gasteiger partial charge >= 0.3 is 0 Å². The van der Waals surface area contributed by atoms with E-state index in [1.54, 1.807) is 0 Å². The third-order valence-electron chi connectivity index (χ3n) is 10.7. The number of benzene rings is 5. The van der Waals surface area contributed by atoms with Gasteiger partial charge in [-0.3, -0.25) is 9.97 Å². The van der Waals surface area contributed by atoms with Crippen molar-refractivity contribution in [3.63, 3.8) is 0 Å². The fraction of sp³-hybridized carbons (Fsp3) is 0.196. The van der Waals surface area contributed by atoms with Gasteiger partial charge in [0.05, 0.1) is 31.1 Å².